The fraction of sp³-hybridized carbons (Fsp3) is 0.250. The van der Waals surface area contributed by atoms with Crippen molar-refractivity contribution in [3.8, 4) is 5.69 Å². The largest absolute Gasteiger partial charge is 0.399 e. The van der Waals surface area contributed by atoms with E-state index in [0.29, 0.717) is 17.9 Å². The van der Waals surface area contributed by atoms with E-state index in [-0.39, 0.29) is 5.91 Å². The van der Waals surface area contributed by atoms with Gasteiger partial charge in [0.25, 0.3) is 5.91 Å². The average molecular weight is 282 g/mol. The van der Waals surface area contributed by atoms with Crippen molar-refractivity contribution in [1.82, 2.24) is 14.7 Å². The first-order valence-corrected chi connectivity index (χ1v) is 7.00. The molecule has 0 unspecified atom stereocenters. The lowest BCUT2D eigenvalue weighted by molar-refractivity contribution is 0.0762. The molecule has 3 rings (SSSR count). The number of nitrogen functional groups attached to an aromatic ring is 1. The Balaban J connectivity index is 1.78. The third-order valence-corrected chi connectivity index (χ3v) is 3.69. The van der Waals surface area contributed by atoms with Gasteiger partial charge in [0.05, 0.1) is 5.69 Å². The zero-order chi connectivity index (χ0) is 14.8. The van der Waals surface area contributed by atoms with E-state index in [0.717, 1.165) is 18.7 Å². The number of nitrogens with zero attached hydrogens (tertiary/aromatic N) is 3. The average Bonchev–Trinajstić information content (AvgIpc) is 2.98. The number of benzene rings is 1. The van der Waals surface area contributed by atoms with E-state index in [4.69, 9.17) is 5.73 Å². The van der Waals surface area contributed by atoms with Crippen LogP contribution in [0.3, 0.4) is 0 Å². The van der Waals surface area contributed by atoms with Gasteiger partial charge < -0.3 is 10.6 Å². The molecule has 5 heteroatoms. The first-order valence-electron chi connectivity index (χ1n) is 7.00. The van der Waals surface area contributed by atoms with E-state index in [2.05, 4.69) is 18.1 Å². The summed E-state index contributed by atoms with van der Waals surface area (Å²) in [6.07, 6.45) is 4.83. The smallest absolute Gasteiger partial charge is 0.274 e. The molecule has 1 amide bonds. The fourth-order valence-electron chi connectivity index (χ4n) is 2.33. The number of hydrogen-bond acceptors (Lipinski definition) is 3. The van der Waals surface area contributed by atoms with Gasteiger partial charge >= 0.3 is 0 Å². The van der Waals surface area contributed by atoms with Crippen molar-refractivity contribution in [3.63, 3.8) is 0 Å². The van der Waals surface area contributed by atoms with E-state index in [1.807, 2.05) is 29.2 Å². The van der Waals surface area contributed by atoms with Crippen molar-refractivity contribution in [1.29, 1.82) is 0 Å². The summed E-state index contributed by atoms with van der Waals surface area (Å²) in [6.45, 7) is 3.52. The second kappa shape index (κ2) is 5.44. The molecule has 0 fully saturated rings. The summed E-state index contributed by atoms with van der Waals surface area (Å²) in [7, 11) is 0. The van der Waals surface area contributed by atoms with Gasteiger partial charge in [-0.05, 0) is 43.7 Å². The number of rotatable bonds is 2. The molecule has 5 nitrogen and oxygen atoms in total. The Morgan fingerprint density at radius 3 is 2.67 bits per heavy atom. The highest BCUT2D eigenvalue weighted by Crippen LogP contribution is 2.14. The Hall–Kier alpha value is -2.56. The number of nitrogens with two attached hydrogens (primary N) is 1. The van der Waals surface area contributed by atoms with Crippen molar-refractivity contribution in [2.75, 3.05) is 18.8 Å². The van der Waals surface area contributed by atoms with E-state index >= 15 is 0 Å². The van der Waals surface area contributed by atoms with Gasteiger partial charge in [0.2, 0.25) is 0 Å². The van der Waals surface area contributed by atoms with Crippen LogP contribution in [0.2, 0.25) is 0 Å². The van der Waals surface area contributed by atoms with Gasteiger partial charge in [-0.15, -0.1) is 0 Å². The second-order valence-electron chi connectivity index (χ2n) is 5.29. The Labute approximate surface area is 123 Å². The molecule has 0 saturated carbocycles. The normalized spacial score (nSPS) is 14.9. The third kappa shape index (κ3) is 2.81. The molecule has 0 spiro atoms. The molecule has 2 N–H and O–H groups in total. The fourth-order valence-corrected chi connectivity index (χ4v) is 2.33. The molecule has 1 aliphatic rings. The lowest BCUT2D eigenvalue weighted by Gasteiger charge is -2.24. The molecule has 1 aromatic heterocycles. The summed E-state index contributed by atoms with van der Waals surface area (Å²) >= 11 is 0. The Morgan fingerprint density at radius 2 is 2.00 bits per heavy atom. The summed E-state index contributed by atoms with van der Waals surface area (Å²) in [5.74, 6) is -0.0204. The minimum Gasteiger partial charge on any atom is -0.399 e. The number of aromatic nitrogens is 2. The van der Waals surface area contributed by atoms with Crippen molar-refractivity contribution in [2.45, 2.75) is 13.3 Å². The van der Waals surface area contributed by atoms with Gasteiger partial charge in [-0.25, -0.2) is 4.68 Å². The van der Waals surface area contributed by atoms with Crippen molar-refractivity contribution < 1.29 is 4.79 Å². The van der Waals surface area contributed by atoms with Crippen molar-refractivity contribution >= 4 is 11.6 Å². The number of hydrogen-bond donors (Lipinski definition) is 1. The number of carbonyl (C=O) groups is 1. The second-order valence-corrected chi connectivity index (χ2v) is 5.29. The third-order valence-electron chi connectivity index (χ3n) is 3.69. The van der Waals surface area contributed by atoms with E-state index < -0.39 is 0 Å². The molecule has 0 atom stereocenters. The first kappa shape index (κ1) is 13.4. The summed E-state index contributed by atoms with van der Waals surface area (Å²) in [5, 5.41) is 4.37. The number of carbonyl (C=O) groups excluding carboxylic acids is 1. The SMILES string of the molecule is CC1=CCN(C(=O)c2ccn(-c3ccc(N)cc3)n2)CC1. The van der Waals surface area contributed by atoms with Crippen LogP contribution in [0.4, 0.5) is 5.69 Å². The molecule has 108 valence electrons. The summed E-state index contributed by atoms with van der Waals surface area (Å²) in [6, 6.07) is 9.14. The van der Waals surface area contributed by atoms with Crippen LogP contribution in [-0.4, -0.2) is 33.7 Å². The molecule has 0 radical (unpaired) electrons. The maximum absolute atomic E-state index is 12.4. The molecule has 0 aliphatic carbocycles. The quantitative estimate of drug-likeness (QED) is 0.678. The number of anilines is 1. The topological polar surface area (TPSA) is 64.2 Å². The van der Waals surface area contributed by atoms with Gasteiger partial charge in [-0.2, -0.15) is 5.10 Å². The molecule has 1 aliphatic heterocycles. The standard InChI is InChI=1S/C16H18N4O/c1-12-6-9-19(10-7-12)16(21)15-8-11-20(18-15)14-4-2-13(17)3-5-14/h2-6,8,11H,7,9-10,17H2,1H3. The molecule has 0 saturated heterocycles. The van der Waals surface area contributed by atoms with Gasteiger partial charge in [-0.3, -0.25) is 4.79 Å². The van der Waals surface area contributed by atoms with Crippen LogP contribution in [0.25, 0.3) is 5.69 Å². The first-order chi connectivity index (χ1) is 10.1. The molecular formula is C16H18N4O. The van der Waals surface area contributed by atoms with Gasteiger partial charge in [0, 0.05) is 25.0 Å². The summed E-state index contributed by atoms with van der Waals surface area (Å²) in [5.41, 5.74) is 9.08. The highest BCUT2D eigenvalue weighted by molar-refractivity contribution is 5.92. The lowest BCUT2D eigenvalue weighted by atomic mass is 10.1. The van der Waals surface area contributed by atoms with Crippen LogP contribution in [0, 0.1) is 0 Å². The van der Waals surface area contributed by atoms with Gasteiger partial charge in [0.15, 0.2) is 5.69 Å². The van der Waals surface area contributed by atoms with Crippen molar-refractivity contribution in [2.24, 2.45) is 0 Å². The molecular weight excluding hydrogens is 264 g/mol. The zero-order valence-corrected chi connectivity index (χ0v) is 12.0. The van der Waals surface area contributed by atoms with Crippen LogP contribution in [0.1, 0.15) is 23.8 Å². The lowest BCUT2D eigenvalue weighted by Crippen LogP contribution is -2.34. The maximum atomic E-state index is 12.4. The number of amides is 1. The summed E-state index contributed by atoms with van der Waals surface area (Å²) in [4.78, 5) is 14.2. The van der Waals surface area contributed by atoms with Gasteiger partial charge in [-0.1, -0.05) is 11.6 Å². The Bertz CT molecular complexity index is 685. The minimum atomic E-state index is -0.0204. The zero-order valence-electron chi connectivity index (χ0n) is 12.0. The van der Waals surface area contributed by atoms with Crippen LogP contribution in [-0.2, 0) is 0 Å². The van der Waals surface area contributed by atoms with E-state index in [1.54, 1.807) is 16.9 Å². The molecule has 21 heavy (non-hydrogen) atoms. The van der Waals surface area contributed by atoms with Crippen molar-refractivity contribution in [3.05, 3.63) is 53.9 Å². The molecule has 2 heterocycles. The van der Waals surface area contributed by atoms with E-state index in [1.165, 1.54) is 5.57 Å². The molecule has 1 aromatic carbocycles. The monoisotopic (exact) mass is 282 g/mol. The van der Waals surface area contributed by atoms with Crippen LogP contribution in [0.15, 0.2) is 48.2 Å². The highest BCUT2D eigenvalue weighted by atomic mass is 16.2. The minimum absolute atomic E-state index is 0.0204. The predicted octanol–water partition coefficient (Wildman–Crippen LogP) is 2.25. The van der Waals surface area contributed by atoms with E-state index in [9.17, 15) is 4.79 Å². The maximum Gasteiger partial charge on any atom is 0.274 e. The Morgan fingerprint density at radius 1 is 1.24 bits per heavy atom. The van der Waals surface area contributed by atoms with Crippen LogP contribution < -0.4 is 5.73 Å². The predicted molar refractivity (Wildman–Crippen MR) is 82.3 cm³/mol. The molecule has 0 bridgehead atoms. The highest BCUT2D eigenvalue weighted by Gasteiger charge is 2.19. The Kier molecular flexibility index (Phi) is 3.48. The van der Waals surface area contributed by atoms with Crippen LogP contribution >= 0.6 is 0 Å². The molecule has 2 aromatic rings. The van der Waals surface area contributed by atoms with Crippen LogP contribution in [0.5, 0.6) is 0 Å². The van der Waals surface area contributed by atoms with Gasteiger partial charge in [0.1, 0.15) is 0 Å². The summed E-state index contributed by atoms with van der Waals surface area (Å²) < 4.78 is 1.69.